The van der Waals surface area contributed by atoms with Crippen LogP contribution in [0.1, 0.15) is 37.0 Å². The number of pyridine rings is 1. The number of nitrogens with one attached hydrogen (secondary N) is 1. The summed E-state index contributed by atoms with van der Waals surface area (Å²) in [6.07, 6.45) is 2.54. The summed E-state index contributed by atoms with van der Waals surface area (Å²) >= 11 is 0. The first-order valence-electron chi connectivity index (χ1n) is 8.70. The standard InChI is InChI=1S/C19H25N3O2/c1-14(2)24-18-13-16(15-7-3-4-8-17(15)21-18)19(23)20-9-12-22-10-5-6-11-22/h3-4,7-8,13-14H,5-6,9-12H2,1-2H3,(H,20,23). The lowest BCUT2D eigenvalue weighted by molar-refractivity contribution is 0.0950. The number of nitrogens with zero attached hydrogens (tertiary/aromatic N) is 2. The molecule has 2 aromatic rings. The Labute approximate surface area is 143 Å². The molecule has 0 saturated carbocycles. The molecular weight excluding hydrogens is 302 g/mol. The molecule has 5 heteroatoms. The number of carbonyl (C=O) groups excluding carboxylic acids is 1. The smallest absolute Gasteiger partial charge is 0.252 e. The van der Waals surface area contributed by atoms with Crippen LogP contribution in [0.25, 0.3) is 10.9 Å². The SMILES string of the molecule is CC(C)Oc1cc(C(=O)NCCN2CCCC2)c2ccccc2n1. The largest absolute Gasteiger partial charge is 0.475 e. The van der Waals surface area contributed by atoms with Gasteiger partial charge in [0.15, 0.2) is 0 Å². The van der Waals surface area contributed by atoms with Crippen molar-refractivity contribution in [2.75, 3.05) is 26.2 Å². The van der Waals surface area contributed by atoms with Gasteiger partial charge in [-0.1, -0.05) is 18.2 Å². The van der Waals surface area contributed by atoms with Crippen molar-refractivity contribution in [3.8, 4) is 5.88 Å². The van der Waals surface area contributed by atoms with Gasteiger partial charge >= 0.3 is 0 Å². The molecule has 0 spiro atoms. The van der Waals surface area contributed by atoms with E-state index in [4.69, 9.17) is 4.74 Å². The maximum absolute atomic E-state index is 12.7. The van der Waals surface area contributed by atoms with Gasteiger partial charge < -0.3 is 15.0 Å². The molecule has 1 aromatic heterocycles. The van der Waals surface area contributed by atoms with Crippen molar-refractivity contribution in [3.63, 3.8) is 0 Å². The average Bonchev–Trinajstić information content (AvgIpc) is 3.06. The molecular formula is C19H25N3O2. The first-order valence-corrected chi connectivity index (χ1v) is 8.70. The molecule has 1 aliphatic rings. The van der Waals surface area contributed by atoms with E-state index in [0.29, 0.717) is 18.0 Å². The molecule has 1 amide bonds. The lowest BCUT2D eigenvalue weighted by Crippen LogP contribution is -2.33. The first kappa shape index (κ1) is 16.7. The zero-order valence-electron chi connectivity index (χ0n) is 14.4. The topological polar surface area (TPSA) is 54.5 Å². The number of benzene rings is 1. The van der Waals surface area contributed by atoms with Crippen LogP contribution in [0.2, 0.25) is 0 Å². The van der Waals surface area contributed by atoms with Crippen LogP contribution in [0.5, 0.6) is 5.88 Å². The summed E-state index contributed by atoms with van der Waals surface area (Å²) in [6, 6.07) is 9.42. The highest BCUT2D eigenvalue weighted by atomic mass is 16.5. The van der Waals surface area contributed by atoms with Crippen molar-refractivity contribution < 1.29 is 9.53 Å². The van der Waals surface area contributed by atoms with E-state index in [1.807, 2.05) is 38.1 Å². The molecule has 0 radical (unpaired) electrons. The highest BCUT2D eigenvalue weighted by molar-refractivity contribution is 6.06. The van der Waals surface area contributed by atoms with Gasteiger partial charge in [-0.25, -0.2) is 4.98 Å². The summed E-state index contributed by atoms with van der Waals surface area (Å²) < 4.78 is 5.70. The summed E-state index contributed by atoms with van der Waals surface area (Å²) in [7, 11) is 0. The number of hydrogen-bond donors (Lipinski definition) is 1. The fraction of sp³-hybridized carbons (Fsp3) is 0.474. The van der Waals surface area contributed by atoms with Crippen molar-refractivity contribution in [1.29, 1.82) is 0 Å². The first-order chi connectivity index (χ1) is 11.6. The van der Waals surface area contributed by atoms with Crippen molar-refractivity contribution in [1.82, 2.24) is 15.2 Å². The normalized spacial score (nSPS) is 15.1. The van der Waals surface area contributed by atoms with Gasteiger partial charge in [0.25, 0.3) is 5.91 Å². The van der Waals surface area contributed by atoms with Gasteiger partial charge in [-0.3, -0.25) is 4.79 Å². The van der Waals surface area contributed by atoms with Crippen LogP contribution in [0.3, 0.4) is 0 Å². The predicted molar refractivity (Wildman–Crippen MR) is 95.5 cm³/mol. The molecule has 1 saturated heterocycles. The van der Waals surface area contributed by atoms with E-state index >= 15 is 0 Å². The molecule has 0 unspecified atom stereocenters. The molecule has 1 fully saturated rings. The molecule has 128 valence electrons. The summed E-state index contributed by atoms with van der Waals surface area (Å²) in [6.45, 7) is 7.75. The van der Waals surface area contributed by atoms with Gasteiger partial charge in [0.05, 0.1) is 17.2 Å². The van der Waals surface area contributed by atoms with E-state index in [2.05, 4.69) is 15.2 Å². The Kier molecular flexibility index (Phi) is 5.30. The van der Waals surface area contributed by atoms with Crippen LogP contribution in [-0.2, 0) is 0 Å². The second kappa shape index (κ2) is 7.62. The molecule has 5 nitrogen and oxygen atoms in total. The number of para-hydroxylation sites is 1. The Hall–Kier alpha value is -2.14. The number of rotatable bonds is 6. The van der Waals surface area contributed by atoms with Crippen molar-refractivity contribution in [2.45, 2.75) is 32.8 Å². The predicted octanol–water partition coefficient (Wildman–Crippen LogP) is 2.85. The second-order valence-electron chi connectivity index (χ2n) is 6.50. The third kappa shape index (κ3) is 4.03. The number of carbonyl (C=O) groups is 1. The highest BCUT2D eigenvalue weighted by Crippen LogP contribution is 2.22. The summed E-state index contributed by atoms with van der Waals surface area (Å²) in [5.74, 6) is 0.426. The molecule has 0 atom stereocenters. The van der Waals surface area contributed by atoms with Crippen molar-refractivity contribution >= 4 is 16.8 Å². The van der Waals surface area contributed by atoms with Crippen LogP contribution < -0.4 is 10.1 Å². The van der Waals surface area contributed by atoms with E-state index in [9.17, 15) is 4.79 Å². The lowest BCUT2D eigenvalue weighted by Gasteiger charge is -2.16. The van der Waals surface area contributed by atoms with E-state index in [-0.39, 0.29) is 12.0 Å². The minimum Gasteiger partial charge on any atom is -0.475 e. The van der Waals surface area contributed by atoms with Gasteiger partial charge in [-0.05, 0) is 45.8 Å². The van der Waals surface area contributed by atoms with Crippen molar-refractivity contribution in [2.24, 2.45) is 0 Å². The van der Waals surface area contributed by atoms with Crippen LogP contribution in [-0.4, -0.2) is 48.1 Å². The second-order valence-corrected chi connectivity index (χ2v) is 6.50. The van der Waals surface area contributed by atoms with E-state index in [1.54, 1.807) is 6.07 Å². The van der Waals surface area contributed by atoms with Gasteiger partial charge in [-0.2, -0.15) is 0 Å². The van der Waals surface area contributed by atoms with E-state index in [0.717, 1.165) is 30.5 Å². The van der Waals surface area contributed by atoms with E-state index in [1.165, 1.54) is 12.8 Å². The van der Waals surface area contributed by atoms with Gasteiger partial charge in [0, 0.05) is 24.5 Å². The number of amides is 1. The molecule has 0 aliphatic carbocycles. The summed E-state index contributed by atoms with van der Waals surface area (Å²) in [5.41, 5.74) is 1.40. The van der Waals surface area contributed by atoms with Crippen molar-refractivity contribution in [3.05, 3.63) is 35.9 Å². The zero-order chi connectivity index (χ0) is 16.9. The minimum atomic E-state index is -0.0681. The molecule has 1 aromatic carbocycles. The summed E-state index contributed by atoms with van der Waals surface area (Å²) in [5, 5.41) is 3.89. The Morgan fingerprint density at radius 2 is 2.04 bits per heavy atom. The quantitative estimate of drug-likeness (QED) is 0.886. The fourth-order valence-electron chi connectivity index (χ4n) is 3.07. The number of fused-ring (bicyclic) bond motifs is 1. The summed E-state index contributed by atoms with van der Waals surface area (Å²) in [4.78, 5) is 19.5. The van der Waals surface area contributed by atoms with Crippen LogP contribution in [0, 0.1) is 0 Å². The molecule has 1 aliphatic heterocycles. The Balaban J connectivity index is 1.76. The monoisotopic (exact) mass is 327 g/mol. The van der Waals surface area contributed by atoms with Crippen LogP contribution >= 0.6 is 0 Å². The molecule has 1 N–H and O–H groups in total. The number of aromatic nitrogens is 1. The number of ether oxygens (including phenoxy) is 1. The maximum atomic E-state index is 12.7. The number of likely N-dealkylation sites (tertiary alicyclic amines) is 1. The fourth-order valence-corrected chi connectivity index (χ4v) is 3.07. The Bertz CT molecular complexity index is 709. The lowest BCUT2D eigenvalue weighted by atomic mass is 10.1. The highest BCUT2D eigenvalue weighted by Gasteiger charge is 2.15. The van der Waals surface area contributed by atoms with Crippen LogP contribution in [0.4, 0.5) is 0 Å². The van der Waals surface area contributed by atoms with Gasteiger partial charge in [-0.15, -0.1) is 0 Å². The Morgan fingerprint density at radius 1 is 1.29 bits per heavy atom. The van der Waals surface area contributed by atoms with Gasteiger partial charge in [0.2, 0.25) is 5.88 Å². The zero-order valence-corrected chi connectivity index (χ0v) is 14.4. The Morgan fingerprint density at radius 3 is 2.79 bits per heavy atom. The molecule has 24 heavy (non-hydrogen) atoms. The minimum absolute atomic E-state index is 0.0183. The molecule has 3 rings (SSSR count). The maximum Gasteiger partial charge on any atom is 0.252 e. The van der Waals surface area contributed by atoms with Gasteiger partial charge in [0.1, 0.15) is 0 Å². The number of hydrogen-bond acceptors (Lipinski definition) is 4. The van der Waals surface area contributed by atoms with E-state index < -0.39 is 0 Å². The average molecular weight is 327 g/mol. The molecule has 2 heterocycles. The van der Waals surface area contributed by atoms with Crippen LogP contribution in [0.15, 0.2) is 30.3 Å². The third-order valence-electron chi connectivity index (χ3n) is 4.21. The third-order valence-corrected chi connectivity index (χ3v) is 4.21. The molecule has 0 bridgehead atoms.